The van der Waals surface area contributed by atoms with E-state index in [4.69, 9.17) is 11.6 Å². The van der Waals surface area contributed by atoms with Crippen LogP contribution in [-0.4, -0.2) is 44.0 Å². The van der Waals surface area contributed by atoms with E-state index in [1.54, 1.807) is 7.05 Å². The summed E-state index contributed by atoms with van der Waals surface area (Å²) in [6.07, 6.45) is 0. The average Bonchev–Trinajstić information content (AvgIpc) is 2.50. The Bertz CT molecular complexity index is 546. The fourth-order valence-corrected chi connectivity index (χ4v) is 2.23. The summed E-state index contributed by atoms with van der Waals surface area (Å²) in [6, 6.07) is 7.73. The molecule has 1 aromatic rings. The molecule has 1 rings (SSSR count). The highest BCUT2D eigenvalue weighted by Crippen LogP contribution is 2.14. The van der Waals surface area contributed by atoms with E-state index in [1.807, 2.05) is 57.0 Å². The minimum absolute atomic E-state index is 0. The van der Waals surface area contributed by atoms with Crippen molar-refractivity contribution in [2.24, 2.45) is 10.4 Å². The molecule has 1 amide bonds. The van der Waals surface area contributed by atoms with Crippen molar-refractivity contribution >= 4 is 47.4 Å². The summed E-state index contributed by atoms with van der Waals surface area (Å²) >= 11 is 5.91. The van der Waals surface area contributed by atoms with Crippen LogP contribution in [0.2, 0.25) is 5.02 Å². The van der Waals surface area contributed by atoms with Gasteiger partial charge in [0.05, 0.1) is 5.41 Å². The SMILES string of the molecule is CCNC(=O)C(C)(C)CNC(=NC)N(C)Cc1ccc(Cl)cc1.I. The molecule has 5 nitrogen and oxygen atoms in total. The van der Waals surface area contributed by atoms with Gasteiger partial charge in [-0.3, -0.25) is 9.79 Å². The van der Waals surface area contributed by atoms with E-state index in [9.17, 15) is 4.79 Å². The molecule has 0 fully saturated rings. The monoisotopic (exact) mass is 466 g/mol. The van der Waals surface area contributed by atoms with E-state index in [2.05, 4.69) is 15.6 Å². The van der Waals surface area contributed by atoms with Crippen LogP contribution in [-0.2, 0) is 11.3 Å². The molecule has 0 aliphatic rings. The lowest BCUT2D eigenvalue weighted by Crippen LogP contribution is -2.48. The smallest absolute Gasteiger partial charge is 0.227 e. The lowest BCUT2D eigenvalue weighted by molar-refractivity contribution is -0.128. The first kappa shape index (κ1) is 23.0. The first-order chi connectivity index (χ1) is 10.8. The molecule has 0 saturated carbocycles. The normalized spacial score (nSPS) is 11.5. The van der Waals surface area contributed by atoms with Crippen LogP contribution in [0.3, 0.4) is 0 Å². The van der Waals surface area contributed by atoms with Gasteiger partial charge in [-0.2, -0.15) is 0 Å². The minimum atomic E-state index is -0.507. The highest BCUT2D eigenvalue weighted by atomic mass is 127. The Morgan fingerprint density at radius 3 is 2.33 bits per heavy atom. The molecule has 0 saturated heterocycles. The molecule has 24 heavy (non-hydrogen) atoms. The van der Waals surface area contributed by atoms with Gasteiger partial charge in [-0.1, -0.05) is 23.7 Å². The van der Waals surface area contributed by atoms with Crippen LogP contribution in [0.15, 0.2) is 29.3 Å². The van der Waals surface area contributed by atoms with Gasteiger partial charge in [-0.05, 0) is 38.5 Å². The second-order valence-corrected chi connectivity index (χ2v) is 6.56. The van der Waals surface area contributed by atoms with Crippen molar-refractivity contribution in [2.75, 3.05) is 27.2 Å². The van der Waals surface area contributed by atoms with Crippen molar-refractivity contribution in [1.29, 1.82) is 0 Å². The lowest BCUT2D eigenvalue weighted by atomic mass is 9.92. The molecule has 0 aromatic heterocycles. The summed E-state index contributed by atoms with van der Waals surface area (Å²) in [5.41, 5.74) is 0.635. The highest BCUT2D eigenvalue weighted by molar-refractivity contribution is 14.0. The van der Waals surface area contributed by atoms with Gasteiger partial charge in [0.15, 0.2) is 5.96 Å². The van der Waals surface area contributed by atoms with Crippen LogP contribution in [0, 0.1) is 5.41 Å². The summed E-state index contributed by atoms with van der Waals surface area (Å²) in [5, 5.41) is 6.85. The van der Waals surface area contributed by atoms with Gasteiger partial charge in [0.2, 0.25) is 5.91 Å². The van der Waals surface area contributed by atoms with Crippen LogP contribution >= 0.6 is 35.6 Å². The van der Waals surface area contributed by atoms with Crippen LogP contribution in [0.1, 0.15) is 26.3 Å². The minimum Gasteiger partial charge on any atom is -0.356 e. The molecular weight excluding hydrogens is 439 g/mol. The number of benzene rings is 1. The van der Waals surface area contributed by atoms with Crippen molar-refractivity contribution in [3.05, 3.63) is 34.9 Å². The molecule has 7 heteroatoms. The van der Waals surface area contributed by atoms with Crippen molar-refractivity contribution < 1.29 is 4.79 Å². The number of rotatable bonds is 6. The predicted octanol–water partition coefficient (Wildman–Crippen LogP) is 3.13. The Labute approximate surface area is 167 Å². The molecule has 0 atom stereocenters. The third-order valence-electron chi connectivity index (χ3n) is 3.55. The largest absolute Gasteiger partial charge is 0.356 e. The second-order valence-electron chi connectivity index (χ2n) is 6.13. The summed E-state index contributed by atoms with van der Waals surface area (Å²) in [6.45, 7) is 7.59. The Balaban J connectivity index is 0.00000529. The number of nitrogens with one attached hydrogen (secondary N) is 2. The standard InChI is InChI=1S/C17H27ClN4O.HI/c1-6-20-15(23)17(2,3)12-21-16(19-4)22(5)11-13-7-9-14(18)10-8-13;/h7-10H,6,11-12H2,1-5H3,(H,19,21)(H,20,23);1H. The Morgan fingerprint density at radius 1 is 1.25 bits per heavy atom. The van der Waals surface area contributed by atoms with Gasteiger partial charge in [-0.15, -0.1) is 24.0 Å². The zero-order valence-corrected chi connectivity index (χ0v) is 18.1. The van der Waals surface area contributed by atoms with Gasteiger partial charge >= 0.3 is 0 Å². The quantitative estimate of drug-likeness (QED) is 0.385. The molecular formula is C17H28ClIN4O. The van der Waals surface area contributed by atoms with E-state index in [-0.39, 0.29) is 29.9 Å². The maximum atomic E-state index is 12.0. The molecule has 0 bridgehead atoms. The zero-order valence-electron chi connectivity index (χ0n) is 15.0. The Morgan fingerprint density at radius 2 is 1.83 bits per heavy atom. The molecule has 0 unspecified atom stereocenters. The van der Waals surface area contributed by atoms with Gasteiger partial charge in [0, 0.05) is 38.8 Å². The zero-order chi connectivity index (χ0) is 17.5. The molecule has 0 heterocycles. The number of hydrogen-bond donors (Lipinski definition) is 2. The first-order valence-electron chi connectivity index (χ1n) is 7.74. The lowest BCUT2D eigenvalue weighted by Gasteiger charge is -2.28. The number of carbonyl (C=O) groups is 1. The topological polar surface area (TPSA) is 56.7 Å². The molecule has 0 radical (unpaired) electrons. The van der Waals surface area contributed by atoms with Gasteiger partial charge in [0.1, 0.15) is 0 Å². The van der Waals surface area contributed by atoms with Crippen molar-refractivity contribution in [3.63, 3.8) is 0 Å². The van der Waals surface area contributed by atoms with Crippen LogP contribution in [0.4, 0.5) is 0 Å². The maximum absolute atomic E-state index is 12.0. The van der Waals surface area contributed by atoms with Crippen LogP contribution in [0.25, 0.3) is 0 Å². The van der Waals surface area contributed by atoms with Crippen molar-refractivity contribution in [1.82, 2.24) is 15.5 Å². The first-order valence-corrected chi connectivity index (χ1v) is 8.12. The van der Waals surface area contributed by atoms with E-state index in [0.29, 0.717) is 19.6 Å². The summed E-state index contributed by atoms with van der Waals surface area (Å²) in [7, 11) is 3.70. The second kappa shape index (κ2) is 10.8. The fourth-order valence-electron chi connectivity index (χ4n) is 2.10. The summed E-state index contributed by atoms with van der Waals surface area (Å²) in [4.78, 5) is 18.3. The van der Waals surface area contributed by atoms with Crippen molar-refractivity contribution in [3.8, 4) is 0 Å². The summed E-state index contributed by atoms with van der Waals surface area (Å²) < 4.78 is 0. The highest BCUT2D eigenvalue weighted by Gasteiger charge is 2.27. The third-order valence-corrected chi connectivity index (χ3v) is 3.80. The number of aliphatic imine (C=N–C) groups is 1. The van der Waals surface area contributed by atoms with E-state index < -0.39 is 5.41 Å². The molecule has 0 spiro atoms. The molecule has 136 valence electrons. The summed E-state index contributed by atoms with van der Waals surface area (Å²) in [5.74, 6) is 0.778. The predicted molar refractivity (Wildman–Crippen MR) is 112 cm³/mol. The maximum Gasteiger partial charge on any atom is 0.227 e. The average molecular weight is 467 g/mol. The number of halogens is 2. The molecule has 0 aliphatic heterocycles. The van der Waals surface area contributed by atoms with E-state index >= 15 is 0 Å². The Kier molecular flexibility index (Phi) is 10.3. The molecule has 1 aromatic carbocycles. The third kappa shape index (κ3) is 7.25. The number of hydrogen-bond acceptors (Lipinski definition) is 2. The number of amides is 1. The number of guanidine groups is 1. The van der Waals surface area contributed by atoms with Crippen LogP contribution in [0.5, 0.6) is 0 Å². The van der Waals surface area contributed by atoms with E-state index in [0.717, 1.165) is 16.5 Å². The van der Waals surface area contributed by atoms with Gasteiger partial charge in [0.25, 0.3) is 0 Å². The number of nitrogens with zero attached hydrogens (tertiary/aromatic N) is 2. The molecule has 0 aliphatic carbocycles. The molecule has 2 N–H and O–H groups in total. The van der Waals surface area contributed by atoms with Crippen molar-refractivity contribution in [2.45, 2.75) is 27.3 Å². The van der Waals surface area contributed by atoms with Gasteiger partial charge in [-0.25, -0.2) is 0 Å². The van der Waals surface area contributed by atoms with Gasteiger partial charge < -0.3 is 15.5 Å². The van der Waals surface area contributed by atoms with Crippen LogP contribution < -0.4 is 10.6 Å². The van der Waals surface area contributed by atoms with E-state index in [1.165, 1.54) is 0 Å². The Hall–Kier alpha value is -1.02. The fraction of sp³-hybridized carbons (Fsp3) is 0.529. The number of carbonyl (C=O) groups excluding carboxylic acids is 1.